The third-order valence-electron chi connectivity index (χ3n) is 7.89. The van der Waals surface area contributed by atoms with Crippen LogP contribution in [0.25, 0.3) is 10.8 Å². The SMILES string of the molecule is C=C1CCN(CCCN2c3cccc4cccc(c34)S2(=O)=O)C(c2ccc(F)cc2)(c2ccc(F)cc2)C1. The van der Waals surface area contributed by atoms with Crippen molar-refractivity contribution in [3.05, 3.63) is 120 Å². The summed E-state index contributed by atoms with van der Waals surface area (Å²) in [6.45, 7) is 5.91. The molecule has 0 aliphatic carbocycles. The van der Waals surface area contributed by atoms with E-state index in [0.29, 0.717) is 43.1 Å². The first kappa shape index (κ1) is 24.8. The second kappa shape index (κ2) is 9.33. The minimum absolute atomic E-state index is 0.322. The first-order chi connectivity index (χ1) is 18.3. The van der Waals surface area contributed by atoms with Crippen molar-refractivity contribution in [3.63, 3.8) is 0 Å². The van der Waals surface area contributed by atoms with E-state index in [1.54, 1.807) is 36.4 Å². The molecule has 4 aromatic carbocycles. The number of piperidine rings is 1. The summed E-state index contributed by atoms with van der Waals surface area (Å²) in [6.07, 6.45) is 1.99. The first-order valence-corrected chi connectivity index (χ1v) is 14.2. The van der Waals surface area contributed by atoms with Crippen LogP contribution in [0.1, 0.15) is 30.4 Å². The van der Waals surface area contributed by atoms with Crippen molar-refractivity contribution in [2.75, 3.05) is 23.9 Å². The van der Waals surface area contributed by atoms with Gasteiger partial charge >= 0.3 is 0 Å². The molecule has 2 heterocycles. The Morgan fingerprint density at radius 1 is 0.816 bits per heavy atom. The van der Waals surface area contributed by atoms with Gasteiger partial charge in [0.25, 0.3) is 10.0 Å². The summed E-state index contributed by atoms with van der Waals surface area (Å²) in [4.78, 5) is 2.67. The highest BCUT2D eigenvalue weighted by Crippen LogP contribution is 2.46. The lowest BCUT2D eigenvalue weighted by atomic mass is 9.73. The zero-order chi connectivity index (χ0) is 26.5. The molecule has 2 aliphatic rings. The average Bonchev–Trinajstić information content (AvgIpc) is 3.13. The molecule has 4 aromatic rings. The predicted molar refractivity (Wildman–Crippen MR) is 147 cm³/mol. The van der Waals surface area contributed by atoms with E-state index in [4.69, 9.17) is 0 Å². The Hall–Kier alpha value is -3.55. The van der Waals surface area contributed by atoms with Crippen LogP contribution in [0.15, 0.2) is 102 Å². The van der Waals surface area contributed by atoms with Gasteiger partial charge in [-0.15, -0.1) is 0 Å². The second-order valence-corrected chi connectivity index (χ2v) is 11.9. The summed E-state index contributed by atoms with van der Waals surface area (Å²) in [7, 11) is -3.64. The van der Waals surface area contributed by atoms with Crippen molar-refractivity contribution in [2.45, 2.75) is 29.7 Å². The summed E-state index contributed by atoms with van der Waals surface area (Å²) in [6, 6.07) is 24.0. The van der Waals surface area contributed by atoms with Crippen LogP contribution in [0.3, 0.4) is 0 Å². The molecule has 0 aromatic heterocycles. The van der Waals surface area contributed by atoms with Crippen LogP contribution in [-0.4, -0.2) is 33.0 Å². The fourth-order valence-electron chi connectivity index (χ4n) is 6.14. The smallest absolute Gasteiger partial charge is 0.265 e. The molecule has 38 heavy (non-hydrogen) atoms. The maximum Gasteiger partial charge on any atom is 0.265 e. The number of likely N-dealkylation sites (tertiary alicyclic amines) is 1. The van der Waals surface area contributed by atoms with E-state index in [-0.39, 0.29) is 11.6 Å². The lowest BCUT2D eigenvalue weighted by molar-refractivity contribution is 0.100. The van der Waals surface area contributed by atoms with Crippen LogP contribution in [0.2, 0.25) is 0 Å². The van der Waals surface area contributed by atoms with Gasteiger partial charge in [-0.3, -0.25) is 9.21 Å². The molecule has 0 spiro atoms. The molecule has 0 radical (unpaired) electrons. The number of anilines is 1. The van der Waals surface area contributed by atoms with E-state index in [1.165, 1.54) is 28.6 Å². The highest BCUT2D eigenvalue weighted by molar-refractivity contribution is 7.93. The lowest BCUT2D eigenvalue weighted by Gasteiger charge is -2.49. The van der Waals surface area contributed by atoms with Crippen LogP contribution >= 0.6 is 0 Å². The topological polar surface area (TPSA) is 40.6 Å². The van der Waals surface area contributed by atoms with Crippen molar-refractivity contribution in [3.8, 4) is 0 Å². The predicted octanol–water partition coefficient (Wildman–Crippen LogP) is 6.61. The number of hydrogen-bond acceptors (Lipinski definition) is 3. The van der Waals surface area contributed by atoms with Crippen LogP contribution in [0, 0.1) is 11.6 Å². The zero-order valence-corrected chi connectivity index (χ0v) is 21.7. The molecule has 1 saturated heterocycles. The maximum absolute atomic E-state index is 13.9. The molecular weight excluding hydrogens is 502 g/mol. The van der Waals surface area contributed by atoms with Crippen LogP contribution < -0.4 is 4.31 Å². The highest BCUT2D eigenvalue weighted by Gasteiger charge is 2.43. The van der Waals surface area contributed by atoms with Gasteiger partial charge in [-0.2, -0.15) is 0 Å². The monoisotopic (exact) mass is 530 g/mol. The Bertz CT molecular complexity index is 1580. The summed E-state index contributed by atoms with van der Waals surface area (Å²) in [5.41, 5.74) is 2.92. The molecule has 4 nitrogen and oxygen atoms in total. The van der Waals surface area contributed by atoms with E-state index < -0.39 is 15.6 Å². The Morgan fingerprint density at radius 2 is 1.42 bits per heavy atom. The van der Waals surface area contributed by atoms with Gasteiger partial charge in [0.15, 0.2) is 0 Å². The highest BCUT2D eigenvalue weighted by atomic mass is 32.2. The summed E-state index contributed by atoms with van der Waals surface area (Å²) < 4.78 is 56.3. The number of benzene rings is 4. The first-order valence-electron chi connectivity index (χ1n) is 12.8. The van der Waals surface area contributed by atoms with Crippen molar-refractivity contribution < 1.29 is 17.2 Å². The van der Waals surface area contributed by atoms with Gasteiger partial charge in [0.05, 0.1) is 16.1 Å². The van der Waals surface area contributed by atoms with Gasteiger partial charge in [-0.1, -0.05) is 60.7 Å². The Kier molecular flexibility index (Phi) is 6.08. The fraction of sp³-hybridized carbons (Fsp3) is 0.226. The van der Waals surface area contributed by atoms with E-state index in [1.807, 2.05) is 24.3 Å². The number of halogens is 2. The Balaban J connectivity index is 1.34. The second-order valence-electron chi connectivity index (χ2n) is 10.1. The molecule has 0 atom stereocenters. The Labute approximate surface area is 221 Å². The fourth-order valence-corrected chi connectivity index (χ4v) is 7.89. The van der Waals surface area contributed by atoms with E-state index in [0.717, 1.165) is 33.9 Å². The van der Waals surface area contributed by atoms with Crippen molar-refractivity contribution in [2.24, 2.45) is 0 Å². The molecule has 0 bridgehead atoms. The molecule has 6 rings (SSSR count). The molecule has 0 amide bonds. The van der Waals surface area contributed by atoms with E-state index >= 15 is 0 Å². The molecule has 194 valence electrons. The van der Waals surface area contributed by atoms with Crippen LogP contribution in [0.4, 0.5) is 14.5 Å². The van der Waals surface area contributed by atoms with Gasteiger partial charge in [0.2, 0.25) is 0 Å². The molecule has 2 aliphatic heterocycles. The molecule has 7 heteroatoms. The van der Waals surface area contributed by atoms with Gasteiger partial charge in [-0.25, -0.2) is 17.2 Å². The van der Waals surface area contributed by atoms with Crippen molar-refractivity contribution in [1.82, 2.24) is 4.90 Å². The van der Waals surface area contributed by atoms with Crippen LogP contribution in [-0.2, 0) is 15.6 Å². The van der Waals surface area contributed by atoms with Gasteiger partial charge in [-0.05, 0) is 72.2 Å². The van der Waals surface area contributed by atoms with Gasteiger partial charge in [0, 0.05) is 25.0 Å². The zero-order valence-electron chi connectivity index (χ0n) is 20.9. The molecule has 0 N–H and O–H groups in total. The minimum Gasteiger partial charge on any atom is -0.289 e. The van der Waals surface area contributed by atoms with Crippen LogP contribution in [0.5, 0.6) is 0 Å². The largest absolute Gasteiger partial charge is 0.289 e. The lowest BCUT2D eigenvalue weighted by Crippen LogP contribution is -2.51. The van der Waals surface area contributed by atoms with E-state index in [2.05, 4.69) is 11.5 Å². The number of hydrogen-bond donors (Lipinski definition) is 0. The van der Waals surface area contributed by atoms with Crippen molar-refractivity contribution >= 4 is 26.5 Å². The third kappa shape index (κ3) is 3.92. The third-order valence-corrected chi connectivity index (χ3v) is 9.75. The summed E-state index contributed by atoms with van der Waals surface area (Å²) >= 11 is 0. The molecule has 0 unspecified atom stereocenters. The molecule has 0 saturated carbocycles. The van der Waals surface area contributed by atoms with Gasteiger partial charge < -0.3 is 0 Å². The van der Waals surface area contributed by atoms with Crippen molar-refractivity contribution in [1.29, 1.82) is 0 Å². The Morgan fingerprint density at radius 3 is 2.05 bits per heavy atom. The van der Waals surface area contributed by atoms with E-state index in [9.17, 15) is 17.2 Å². The normalized spacial score (nSPS) is 18.3. The standard InChI is InChI=1S/C31H28F2N2O2S/c1-22-17-20-34(31(21-22,24-9-13-26(32)14-10-24)25-11-15-27(33)16-12-25)18-4-19-35-28-7-2-5-23-6-3-8-29(30(23)28)38(35,36)37/h2-3,5-16H,1,4,17-21H2. The number of rotatable bonds is 6. The molecule has 1 fully saturated rings. The summed E-state index contributed by atoms with van der Waals surface area (Å²) in [5.74, 6) is -0.644. The maximum atomic E-state index is 13.9. The average molecular weight is 531 g/mol. The number of sulfonamides is 1. The quantitative estimate of drug-likeness (QED) is 0.263. The molecular formula is C31H28F2N2O2S. The minimum atomic E-state index is -3.64. The van der Waals surface area contributed by atoms with Gasteiger partial charge in [0.1, 0.15) is 11.6 Å². The number of nitrogens with zero attached hydrogens (tertiary/aromatic N) is 2. The summed E-state index contributed by atoms with van der Waals surface area (Å²) in [5, 5.41) is 1.68.